The molecule has 1 atom stereocenters. The van der Waals surface area contributed by atoms with Gasteiger partial charge >= 0.3 is 5.97 Å². The highest BCUT2D eigenvalue weighted by molar-refractivity contribution is 5.85. The first-order chi connectivity index (χ1) is 15.6. The minimum atomic E-state index is -1.09. The van der Waals surface area contributed by atoms with Crippen LogP contribution in [0.3, 0.4) is 0 Å². The van der Waals surface area contributed by atoms with Crippen LogP contribution in [-0.4, -0.2) is 46.3 Å². The van der Waals surface area contributed by atoms with Crippen molar-refractivity contribution in [1.29, 1.82) is 5.41 Å². The van der Waals surface area contributed by atoms with Crippen LogP contribution in [0.5, 0.6) is 0 Å². The number of rotatable bonds is 7. The summed E-state index contributed by atoms with van der Waals surface area (Å²) in [6, 6.07) is 10.8. The number of benzene rings is 1. The van der Waals surface area contributed by atoms with Gasteiger partial charge in [0.25, 0.3) is 0 Å². The third-order valence-corrected chi connectivity index (χ3v) is 4.88. The van der Waals surface area contributed by atoms with Gasteiger partial charge in [0.2, 0.25) is 11.9 Å². The molecule has 0 radical (unpaired) electrons. The number of nitrogens with zero attached hydrogens (tertiary/aromatic N) is 3. The predicted molar refractivity (Wildman–Crippen MR) is 127 cm³/mol. The van der Waals surface area contributed by atoms with Crippen molar-refractivity contribution in [2.24, 2.45) is 5.92 Å². The lowest BCUT2D eigenvalue weighted by Gasteiger charge is -2.32. The van der Waals surface area contributed by atoms with E-state index in [-0.39, 0.29) is 23.6 Å². The van der Waals surface area contributed by atoms with Gasteiger partial charge in [0.1, 0.15) is 0 Å². The second-order valence-corrected chi connectivity index (χ2v) is 6.72. The van der Waals surface area contributed by atoms with Crippen LogP contribution in [0.1, 0.15) is 69.1 Å². The van der Waals surface area contributed by atoms with Crippen molar-refractivity contribution in [2.75, 3.05) is 18.0 Å². The lowest BCUT2D eigenvalue weighted by Crippen LogP contribution is -2.42. The van der Waals surface area contributed by atoms with Crippen molar-refractivity contribution >= 4 is 24.0 Å². The van der Waals surface area contributed by atoms with E-state index >= 15 is 0 Å². The van der Waals surface area contributed by atoms with Crippen LogP contribution in [0, 0.1) is 11.3 Å². The Labute approximate surface area is 190 Å². The molecule has 1 aromatic heterocycles. The molecule has 0 aliphatic carbocycles. The van der Waals surface area contributed by atoms with Crippen molar-refractivity contribution in [3.05, 3.63) is 53.9 Å². The minimum Gasteiger partial charge on any atom is -0.477 e. The van der Waals surface area contributed by atoms with Crippen LogP contribution in [0.2, 0.25) is 0 Å². The van der Waals surface area contributed by atoms with Crippen LogP contribution in [0.4, 0.5) is 5.95 Å². The summed E-state index contributed by atoms with van der Waals surface area (Å²) >= 11 is 0. The molecule has 0 spiro atoms. The Morgan fingerprint density at radius 3 is 2.34 bits per heavy atom. The number of hydrogen-bond acceptors (Lipinski definition) is 6. The third-order valence-electron chi connectivity index (χ3n) is 4.88. The van der Waals surface area contributed by atoms with Gasteiger partial charge in [-0.15, -0.1) is 0 Å². The molecule has 8 nitrogen and oxygen atoms in total. The molecular weight excluding hydrogens is 406 g/mol. The van der Waals surface area contributed by atoms with Crippen molar-refractivity contribution in [1.82, 2.24) is 15.3 Å². The van der Waals surface area contributed by atoms with E-state index in [1.807, 2.05) is 62.9 Å². The first kappa shape index (κ1) is 26.7. The number of amides is 1. The maximum atomic E-state index is 12.7. The van der Waals surface area contributed by atoms with E-state index in [0.29, 0.717) is 38.3 Å². The molecule has 32 heavy (non-hydrogen) atoms. The average Bonchev–Trinajstić information content (AvgIpc) is 2.87. The summed E-state index contributed by atoms with van der Waals surface area (Å²) in [5.74, 6) is -0.854. The highest BCUT2D eigenvalue weighted by atomic mass is 16.4. The summed E-state index contributed by atoms with van der Waals surface area (Å²) in [5, 5.41) is 19.5. The number of carbonyl (C=O) groups is 2. The van der Waals surface area contributed by atoms with E-state index in [2.05, 4.69) is 15.3 Å². The fourth-order valence-corrected chi connectivity index (χ4v) is 3.33. The summed E-state index contributed by atoms with van der Waals surface area (Å²) in [6.45, 7) is 9.17. The molecule has 1 aliphatic heterocycles. The third kappa shape index (κ3) is 7.76. The van der Waals surface area contributed by atoms with Gasteiger partial charge in [-0.05, 0) is 30.7 Å². The Bertz CT molecular complexity index is 837. The monoisotopic (exact) mass is 441 g/mol. The molecule has 2 heterocycles. The van der Waals surface area contributed by atoms with Crippen molar-refractivity contribution in [2.45, 2.75) is 53.0 Å². The van der Waals surface area contributed by atoms with E-state index in [1.165, 1.54) is 18.5 Å². The number of hydrogen-bond donors (Lipinski definition) is 3. The Hall–Kier alpha value is -3.29. The number of carbonyl (C=O) groups excluding carboxylic acids is 1. The molecule has 1 aromatic carbocycles. The normalized spacial score (nSPS) is 14.1. The lowest BCUT2D eigenvalue weighted by molar-refractivity contribution is -0.126. The number of aromatic nitrogens is 2. The Kier molecular flexibility index (Phi) is 12.3. The summed E-state index contributed by atoms with van der Waals surface area (Å²) in [7, 11) is 0. The van der Waals surface area contributed by atoms with E-state index in [0.717, 1.165) is 5.56 Å². The van der Waals surface area contributed by atoms with Crippen molar-refractivity contribution < 1.29 is 14.7 Å². The first-order valence-corrected chi connectivity index (χ1v) is 11.2. The summed E-state index contributed by atoms with van der Waals surface area (Å²) in [4.78, 5) is 33.9. The first-order valence-electron chi connectivity index (χ1n) is 11.2. The van der Waals surface area contributed by atoms with Gasteiger partial charge in [0, 0.05) is 31.6 Å². The standard InChI is InChI=1S/C20H23N5O3.2C2H6/c21-10-6-16(14-4-2-1-3-5-14)23-18(26)15-8-12-25(13-9-15)20-22-11-7-17(24-20)19(27)28;2*1-2/h1-5,7,10-11,15-16,21H,6,8-9,12-13H2,(H,23,26)(H,27,28);2*1-2H3. The van der Waals surface area contributed by atoms with Crippen LogP contribution in [0.15, 0.2) is 42.6 Å². The van der Waals surface area contributed by atoms with Gasteiger partial charge < -0.3 is 20.7 Å². The number of carboxylic acid groups (broad SMARTS) is 1. The minimum absolute atomic E-state index is 0.0180. The van der Waals surface area contributed by atoms with E-state index < -0.39 is 5.97 Å². The molecule has 3 rings (SSSR count). The molecule has 174 valence electrons. The molecule has 2 aromatic rings. The largest absolute Gasteiger partial charge is 0.477 e. The van der Waals surface area contributed by atoms with Gasteiger partial charge in [-0.3, -0.25) is 4.79 Å². The molecular formula is C24H35N5O3. The SMILES string of the molecule is CC.CC.N=CCC(NC(=O)C1CCN(c2nccc(C(=O)O)n2)CC1)c1ccccc1. The predicted octanol–water partition coefficient (Wildman–Crippen LogP) is 4.34. The smallest absolute Gasteiger partial charge is 0.354 e. The second-order valence-electron chi connectivity index (χ2n) is 6.72. The van der Waals surface area contributed by atoms with Crippen LogP contribution in [0.25, 0.3) is 0 Å². The van der Waals surface area contributed by atoms with Crippen LogP contribution >= 0.6 is 0 Å². The topological polar surface area (TPSA) is 119 Å². The highest BCUT2D eigenvalue weighted by Gasteiger charge is 2.28. The summed E-state index contributed by atoms with van der Waals surface area (Å²) < 4.78 is 0. The molecule has 0 saturated carbocycles. The van der Waals surface area contributed by atoms with Crippen LogP contribution < -0.4 is 10.2 Å². The zero-order chi connectivity index (χ0) is 23.9. The Morgan fingerprint density at radius 1 is 1.16 bits per heavy atom. The van der Waals surface area contributed by atoms with E-state index in [4.69, 9.17) is 10.5 Å². The Morgan fingerprint density at radius 2 is 1.78 bits per heavy atom. The molecule has 1 aliphatic rings. The molecule has 1 unspecified atom stereocenters. The van der Waals surface area contributed by atoms with Gasteiger partial charge in [0.15, 0.2) is 5.69 Å². The van der Waals surface area contributed by atoms with E-state index in [1.54, 1.807) is 0 Å². The average molecular weight is 442 g/mol. The maximum Gasteiger partial charge on any atom is 0.354 e. The fourth-order valence-electron chi connectivity index (χ4n) is 3.33. The number of anilines is 1. The molecule has 1 fully saturated rings. The fraction of sp³-hybridized carbons (Fsp3) is 0.458. The molecule has 0 bridgehead atoms. The van der Waals surface area contributed by atoms with E-state index in [9.17, 15) is 9.59 Å². The maximum absolute atomic E-state index is 12.7. The molecule has 1 amide bonds. The number of carboxylic acids is 1. The van der Waals surface area contributed by atoms with Gasteiger partial charge in [0.05, 0.1) is 6.04 Å². The number of aromatic carboxylic acids is 1. The quantitative estimate of drug-likeness (QED) is 0.550. The van der Waals surface area contributed by atoms with Gasteiger partial charge in [-0.1, -0.05) is 58.0 Å². The molecule has 8 heteroatoms. The van der Waals surface area contributed by atoms with Gasteiger partial charge in [-0.25, -0.2) is 14.8 Å². The summed E-state index contributed by atoms with van der Waals surface area (Å²) in [5.41, 5.74) is 0.942. The molecule has 3 N–H and O–H groups in total. The van der Waals surface area contributed by atoms with Crippen molar-refractivity contribution in [3.63, 3.8) is 0 Å². The summed E-state index contributed by atoms with van der Waals surface area (Å²) in [6.07, 6.45) is 4.47. The van der Waals surface area contributed by atoms with Crippen LogP contribution in [-0.2, 0) is 4.79 Å². The second kappa shape index (κ2) is 14.7. The van der Waals surface area contributed by atoms with Crippen molar-refractivity contribution in [3.8, 4) is 0 Å². The Balaban J connectivity index is 0.00000121. The number of nitrogens with one attached hydrogen (secondary N) is 2. The number of piperidine rings is 1. The molecule has 1 saturated heterocycles. The van der Waals surface area contributed by atoms with Gasteiger partial charge in [-0.2, -0.15) is 0 Å². The lowest BCUT2D eigenvalue weighted by atomic mass is 9.94. The zero-order valence-corrected chi connectivity index (χ0v) is 19.4. The highest BCUT2D eigenvalue weighted by Crippen LogP contribution is 2.23. The zero-order valence-electron chi connectivity index (χ0n) is 19.4.